The minimum absolute atomic E-state index is 0.188. The number of rotatable bonds is 20. The maximum absolute atomic E-state index is 16.3. The zero-order valence-electron chi connectivity index (χ0n) is 35.1. The van der Waals surface area contributed by atoms with Crippen molar-refractivity contribution in [2.24, 2.45) is 11.8 Å². The molecule has 0 aliphatic rings. The van der Waals surface area contributed by atoms with Crippen LogP contribution in [0.5, 0.6) is 0 Å². The summed E-state index contributed by atoms with van der Waals surface area (Å²) in [7, 11) is 0. The summed E-state index contributed by atoms with van der Waals surface area (Å²) in [6.45, 7) is 12.9. The highest BCUT2D eigenvalue weighted by Gasteiger charge is 2.29. The Labute approximate surface area is 376 Å². The largest absolute Gasteiger partial charge is 0.462 e. The number of unbranched alkanes of at least 4 members (excludes halogenated alkanes) is 2. The second kappa shape index (κ2) is 20.3. The number of hydrogen-bond acceptors (Lipinski definition) is 10. The van der Waals surface area contributed by atoms with E-state index in [1.165, 1.54) is 45.3 Å². The van der Waals surface area contributed by atoms with Crippen LogP contribution in [0.15, 0.2) is 47.2 Å². The van der Waals surface area contributed by atoms with E-state index in [1.54, 1.807) is 48.7 Å². The zero-order chi connectivity index (χ0) is 42.5. The molecule has 7 rings (SSSR count). The average molecular weight is 923 g/mol. The van der Waals surface area contributed by atoms with E-state index in [2.05, 4.69) is 39.8 Å². The molecule has 0 amide bonds. The van der Waals surface area contributed by atoms with Gasteiger partial charge in [-0.15, -0.1) is 68.0 Å². The van der Waals surface area contributed by atoms with Gasteiger partial charge in [-0.2, -0.15) is 0 Å². The van der Waals surface area contributed by atoms with Crippen LogP contribution in [0.3, 0.4) is 0 Å². The average Bonchev–Trinajstić information content (AvgIpc) is 4.10. The lowest BCUT2D eigenvalue weighted by Gasteiger charge is -2.13. The molecule has 2 atom stereocenters. The van der Waals surface area contributed by atoms with Crippen molar-refractivity contribution in [3.63, 3.8) is 0 Å². The third kappa shape index (κ3) is 9.25. The Kier molecular flexibility index (Phi) is 15.1. The topological polar surface area (TPSA) is 52.6 Å². The molecule has 7 aromatic rings. The molecule has 12 heteroatoms. The minimum Gasteiger partial charge on any atom is -0.462 e. The predicted molar refractivity (Wildman–Crippen MR) is 256 cm³/mol. The lowest BCUT2D eigenvalue weighted by molar-refractivity contribution is 0.0518. The van der Waals surface area contributed by atoms with Crippen molar-refractivity contribution in [2.75, 3.05) is 13.2 Å². The molecule has 6 aromatic heterocycles. The maximum atomic E-state index is 16.3. The fourth-order valence-electron chi connectivity index (χ4n) is 7.97. The molecule has 0 saturated heterocycles. The van der Waals surface area contributed by atoms with E-state index in [9.17, 15) is 9.59 Å². The lowest BCUT2D eigenvalue weighted by Crippen LogP contribution is -2.03. The number of ether oxygens (including phenoxy) is 2. The monoisotopic (exact) mass is 922 g/mol. The van der Waals surface area contributed by atoms with Crippen LogP contribution in [0.25, 0.3) is 60.6 Å². The highest BCUT2D eigenvalue weighted by Crippen LogP contribution is 2.55. The molecule has 0 aliphatic carbocycles. The number of halogens is 2. The van der Waals surface area contributed by atoms with Gasteiger partial charge in [0.15, 0.2) is 0 Å². The summed E-state index contributed by atoms with van der Waals surface area (Å²) < 4.78 is 45.4. The van der Waals surface area contributed by atoms with Crippen LogP contribution in [0.4, 0.5) is 8.78 Å². The van der Waals surface area contributed by atoms with Crippen molar-refractivity contribution in [1.82, 2.24) is 0 Å². The first kappa shape index (κ1) is 44.8. The molecular formula is C48H52F2O4S6. The Morgan fingerprint density at radius 3 is 1.37 bits per heavy atom. The van der Waals surface area contributed by atoms with E-state index in [-0.39, 0.29) is 36.8 Å². The summed E-state index contributed by atoms with van der Waals surface area (Å²) in [6, 6.07) is 11.3. The predicted octanol–water partition coefficient (Wildman–Crippen LogP) is 17.2. The van der Waals surface area contributed by atoms with Crippen molar-refractivity contribution in [3.05, 3.63) is 79.7 Å². The molecule has 0 spiro atoms. The van der Waals surface area contributed by atoms with Crippen LogP contribution in [-0.4, -0.2) is 25.2 Å². The number of carbonyl (C=O) groups is 2. The number of hydrogen-bond donors (Lipinski definition) is 0. The Balaban J connectivity index is 1.52. The molecule has 0 N–H and O–H groups in total. The second-order valence-corrected chi connectivity index (χ2v) is 21.4. The summed E-state index contributed by atoms with van der Waals surface area (Å²) in [4.78, 5) is 33.1. The van der Waals surface area contributed by atoms with Crippen LogP contribution in [0.2, 0.25) is 0 Å². The number of thiophene rings is 6. The molecule has 0 bridgehead atoms. The molecular weight excluding hydrogens is 871 g/mol. The first-order valence-electron chi connectivity index (χ1n) is 21.2. The van der Waals surface area contributed by atoms with Crippen molar-refractivity contribution in [2.45, 2.75) is 106 Å². The van der Waals surface area contributed by atoms with Crippen molar-refractivity contribution in [3.8, 4) is 40.4 Å². The highest BCUT2D eigenvalue weighted by molar-refractivity contribution is 7.29. The fraction of sp³-hybridized carbons (Fsp3) is 0.417. The summed E-state index contributed by atoms with van der Waals surface area (Å²) in [5, 5.41) is 5.69. The quantitative estimate of drug-likeness (QED) is 0.0715. The third-order valence-corrected chi connectivity index (χ3v) is 18.1. The van der Waals surface area contributed by atoms with Gasteiger partial charge in [-0.05, 0) is 85.7 Å². The van der Waals surface area contributed by atoms with Gasteiger partial charge in [0.1, 0.15) is 11.6 Å². The summed E-state index contributed by atoms with van der Waals surface area (Å²) in [6.07, 6.45) is 9.93. The molecule has 6 heterocycles. The molecule has 60 heavy (non-hydrogen) atoms. The zero-order valence-corrected chi connectivity index (χ0v) is 40.0. The second-order valence-electron chi connectivity index (χ2n) is 15.2. The normalized spacial score (nSPS) is 12.8. The highest BCUT2D eigenvalue weighted by atomic mass is 32.1. The van der Waals surface area contributed by atoms with Gasteiger partial charge < -0.3 is 9.47 Å². The number of carbonyl (C=O) groups excluding carboxylic acids is 2. The van der Waals surface area contributed by atoms with Crippen LogP contribution >= 0.6 is 68.0 Å². The number of esters is 2. The summed E-state index contributed by atoms with van der Waals surface area (Å²) in [5.41, 5.74) is 2.86. The van der Waals surface area contributed by atoms with Gasteiger partial charge in [0.25, 0.3) is 0 Å². The fourth-order valence-corrected chi connectivity index (χ4v) is 15.0. The number of fused-ring (bicyclic) bond motifs is 2. The molecule has 2 unspecified atom stereocenters. The lowest BCUT2D eigenvalue weighted by atomic mass is 9.95. The van der Waals surface area contributed by atoms with Gasteiger partial charge in [0.2, 0.25) is 0 Å². The Hall–Kier alpha value is -3.26. The molecule has 318 valence electrons. The van der Waals surface area contributed by atoms with Gasteiger partial charge >= 0.3 is 11.9 Å². The molecule has 1 aromatic carbocycles. The van der Waals surface area contributed by atoms with Crippen LogP contribution in [0.1, 0.15) is 123 Å². The van der Waals surface area contributed by atoms with Gasteiger partial charge in [0, 0.05) is 60.6 Å². The minimum atomic E-state index is -0.373. The molecule has 0 aliphatic heterocycles. The molecule has 4 nitrogen and oxygen atoms in total. The SMILES string of the molecule is CCCCC(CC)Cc1sc(-c2c3cc(-c4sccc4C(=O)OCC)sc3c(-c3cc(F)c(CC(CC)CCCC)s3)c3cc(-c4sccc4C(=O)OCC)sc23)cc1F. The van der Waals surface area contributed by atoms with Crippen LogP contribution in [0, 0.1) is 23.5 Å². The molecule has 0 fully saturated rings. The van der Waals surface area contributed by atoms with Crippen molar-refractivity contribution in [1.29, 1.82) is 0 Å². The third-order valence-electron chi connectivity index (χ3n) is 11.3. The number of benzene rings is 1. The van der Waals surface area contributed by atoms with Gasteiger partial charge in [-0.1, -0.05) is 79.1 Å². The summed E-state index contributed by atoms with van der Waals surface area (Å²) in [5.74, 6) is -0.331. The maximum Gasteiger partial charge on any atom is 0.339 e. The van der Waals surface area contributed by atoms with Gasteiger partial charge in [-0.25, -0.2) is 18.4 Å². The van der Waals surface area contributed by atoms with Gasteiger partial charge in [0.05, 0.1) is 34.1 Å². The van der Waals surface area contributed by atoms with Crippen LogP contribution < -0.4 is 0 Å². The Morgan fingerprint density at radius 1 is 0.583 bits per heavy atom. The van der Waals surface area contributed by atoms with E-state index in [1.807, 2.05) is 22.9 Å². The molecule has 0 saturated carbocycles. The van der Waals surface area contributed by atoms with E-state index in [4.69, 9.17) is 9.47 Å². The van der Waals surface area contributed by atoms with E-state index < -0.39 is 0 Å². The van der Waals surface area contributed by atoms with Crippen molar-refractivity contribution < 1.29 is 27.8 Å². The first-order valence-corrected chi connectivity index (χ1v) is 26.3. The summed E-state index contributed by atoms with van der Waals surface area (Å²) >= 11 is 9.19. The first-order chi connectivity index (χ1) is 29.1. The Morgan fingerprint density at radius 2 is 1.00 bits per heavy atom. The van der Waals surface area contributed by atoms with E-state index >= 15 is 8.78 Å². The van der Waals surface area contributed by atoms with Crippen LogP contribution in [-0.2, 0) is 22.3 Å². The Bertz CT molecular complexity index is 2350. The smallest absolute Gasteiger partial charge is 0.339 e. The van der Waals surface area contributed by atoms with Crippen molar-refractivity contribution >= 4 is 100 Å². The van der Waals surface area contributed by atoms with E-state index in [0.717, 1.165) is 122 Å². The van der Waals surface area contributed by atoms with E-state index in [0.29, 0.717) is 35.8 Å². The van der Waals surface area contributed by atoms with Gasteiger partial charge in [-0.3, -0.25) is 0 Å². The molecule has 0 radical (unpaired) electrons. The standard InChI is InChI=1S/C48H52F2O4S6/c1-7-13-15-27(9-3)21-35-33(49)25-37(57-35)41-31-23-39(43-29(17-19-55-43)47(51)53-11-5)60-46(31)42(38-26-34(50)36(58-38)22-28(10-4)16-14-8-2)32-24-40(59-45(32)41)44-30(18-20-56-44)48(52)54-12-6/h17-20,23-28H,7-16,21-22H2,1-6H3.